The third kappa shape index (κ3) is 4.69. The van der Waals surface area contributed by atoms with Gasteiger partial charge in [-0.3, -0.25) is 13.5 Å². The number of hydrogen-bond acceptors (Lipinski definition) is 3. The predicted molar refractivity (Wildman–Crippen MR) is 127 cm³/mol. The lowest BCUT2D eigenvalue weighted by molar-refractivity contribution is -0.136. The molecule has 2 aliphatic carbocycles. The van der Waals surface area contributed by atoms with Crippen LogP contribution in [0.15, 0.2) is 11.2 Å². The summed E-state index contributed by atoms with van der Waals surface area (Å²) in [6.45, 7) is 14.9. The average Bonchev–Trinajstić information content (AvgIpc) is 3.15. The van der Waals surface area contributed by atoms with Gasteiger partial charge in [-0.05, 0) is 82.7 Å². The lowest BCUT2D eigenvalue weighted by Gasteiger charge is -2.39. The number of carbonyl (C=O) groups is 2. The molecule has 3 rings (SSSR count). The summed E-state index contributed by atoms with van der Waals surface area (Å²) >= 11 is 1.58. The van der Waals surface area contributed by atoms with Crippen LogP contribution in [0.25, 0.3) is 0 Å². The van der Waals surface area contributed by atoms with Crippen molar-refractivity contribution in [3.63, 3.8) is 0 Å². The summed E-state index contributed by atoms with van der Waals surface area (Å²) in [7, 11) is 0. The molecule has 2 aliphatic rings. The van der Waals surface area contributed by atoms with Gasteiger partial charge in [-0.15, -0.1) is 0 Å². The zero-order chi connectivity index (χ0) is 23.0. The van der Waals surface area contributed by atoms with Crippen LogP contribution >= 0.6 is 11.5 Å². The second-order valence-electron chi connectivity index (χ2n) is 11.3. The first-order valence-corrected chi connectivity index (χ1v) is 12.8. The summed E-state index contributed by atoms with van der Waals surface area (Å²) in [6.07, 6.45) is 10.1. The molecule has 31 heavy (non-hydrogen) atoms. The third-order valence-electron chi connectivity index (χ3n) is 7.86. The van der Waals surface area contributed by atoms with Gasteiger partial charge < -0.3 is 5.32 Å². The fraction of sp³-hybridized carbons (Fsp3) is 0.800. The van der Waals surface area contributed by atoms with Gasteiger partial charge in [-0.1, -0.05) is 34.1 Å². The molecular formula is C25H41N3O2S. The molecule has 6 heteroatoms. The highest BCUT2D eigenvalue weighted by molar-refractivity contribution is 7.04. The molecule has 0 bridgehead atoms. The van der Waals surface area contributed by atoms with Crippen LogP contribution in [0.3, 0.4) is 0 Å². The largest absolute Gasteiger partial charge is 0.353 e. The number of nitrogens with zero attached hydrogens (tertiary/aromatic N) is 2. The van der Waals surface area contributed by atoms with E-state index in [0.717, 1.165) is 48.8 Å². The fourth-order valence-corrected chi connectivity index (χ4v) is 5.78. The Hall–Kier alpha value is -1.43. The van der Waals surface area contributed by atoms with Crippen LogP contribution in [0.1, 0.15) is 99.0 Å². The Kier molecular flexibility index (Phi) is 6.90. The molecule has 0 radical (unpaired) electrons. The van der Waals surface area contributed by atoms with Crippen molar-refractivity contribution in [1.82, 2.24) is 9.27 Å². The molecule has 0 spiro atoms. The molecule has 2 amide bonds. The molecule has 1 aromatic rings. The monoisotopic (exact) mass is 447 g/mol. The van der Waals surface area contributed by atoms with Crippen LogP contribution in [0.4, 0.5) is 0 Å². The molecule has 2 saturated carbocycles. The third-order valence-corrected chi connectivity index (χ3v) is 9.24. The quantitative estimate of drug-likeness (QED) is 0.652. The SMILES string of the molecule is CCCCc1cn(C(C)(C)C)s/c1=N\C(=O)[C@@]1(C)CC[C@@H](C(=O)NC2CCC2)C1(C)C. The van der Waals surface area contributed by atoms with Gasteiger partial charge in [0.2, 0.25) is 5.91 Å². The van der Waals surface area contributed by atoms with Crippen LogP contribution < -0.4 is 9.99 Å². The highest BCUT2D eigenvalue weighted by atomic mass is 32.1. The van der Waals surface area contributed by atoms with Gasteiger partial charge in [0, 0.05) is 29.3 Å². The Morgan fingerprint density at radius 1 is 1.23 bits per heavy atom. The molecule has 1 N–H and O–H groups in total. The van der Waals surface area contributed by atoms with Crippen molar-refractivity contribution in [2.24, 2.45) is 21.7 Å². The number of carbonyl (C=O) groups excluding carboxylic acids is 2. The van der Waals surface area contributed by atoms with E-state index in [4.69, 9.17) is 4.99 Å². The summed E-state index contributed by atoms with van der Waals surface area (Å²) < 4.78 is 3.05. The topological polar surface area (TPSA) is 63.5 Å². The van der Waals surface area contributed by atoms with E-state index in [-0.39, 0.29) is 23.3 Å². The van der Waals surface area contributed by atoms with Crippen LogP contribution in [-0.4, -0.2) is 21.8 Å². The molecule has 0 unspecified atom stereocenters. The first-order chi connectivity index (χ1) is 14.4. The Morgan fingerprint density at radius 3 is 2.45 bits per heavy atom. The summed E-state index contributed by atoms with van der Waals surface area (Å²) in [4.78, 5) is 31.3. The molecular weight excluding hydrogens is 406 g/mol. The molecule has 5 nitrogen and oxygen atoms in total. The van der Waals surface area contributed by atoms with Gasteiger partial charge in [-0.25, -0.2) is 4.99 Å². The highest BCUT2D eigenvalue weighted by Crippen LogP contribution is 2.56. The zero-order valence-electron chi connectivity index (χ0n) is 20.5. The lowest BCUT2D eigenvalue weighted by atomic mass is 9.65. The van der Waals surface area contributed by atoms with Crippen molar-refractivity contribution in [1.29, 1.82) is 0 Å². The van der Waals surface area contributed by atoms with E-state index < -0.39 is 10.8 Å². The Morgan fingerprint density at radius 2 is 1.90 bits per heavy atom. The van der Waals surface area contributed by atoms with Crippen LogP contribution in [-0.2, 0) is 21.5 Å². The van der Waals surface area contributed by atoms with E-state index in [1.54, 1.807) is 11.5 Å². The number of aryl methyl sites for hydroxylation is 1. The smallest absolute Gasteiger partial charge is 0.253 e. The van der Waals surface area contributed by atoms with Crippen molar-refractivity contribution >= 4 is 23.3 Å². The summed E-state index contributed by atoms with van der Waals surface area (Å²) in [6, 6.07) is 0.329. The van der Waals surface area contributed by atoms with Crippen molar-refractivity contribution in [3.05, 3.63) is 16.4 Å². The number of rotatable bonds is 6. The number of nitrogens with one attached hydrogen (secondary N) is 1. The fourth-order valence-electron chi connectivity index (χ4n) is 4.75. The van der Waals surface area contributed by atoms with Gasteiger partial charge in [-0.2, -0.15) is 0 Å². The van der Waals surface area contributed by atoms with Crippen LogP contribution in [0.2, 0.25) is 0 Å². The lowest BCUT2D eigenvalue weighted by Crippen LogP contribution is -2.48. The summed E-state index contributed by atoms with van der Waals surface area (Å²) in [5.74, 6) is -0.0895. The highest BCUT2D eigenvalue weighted by Gasteiger charge is 2.58. The first-order valence-electron chi connectivity index (χ1n) is 12.0. The summed E-state index contributed by atoms with van der Waals surface area (Å²) in [5, 5.41) is 3.21. The minimum absolute atomic E-state index is 0.0380. The predicted octanol–water partition coefficient (Wildman–Crippen LogP) is 5.19. The molecule has 0 aliphatic heterocycles. The minimum Gasteiger partial charge on any atom is -0.353 e. The molecule has 0 saturated heterocycles. The Labute approximate surface area is 191 Å². The Bertz CT molecular complexity index is 885. The van der Waals surface area contributed by atoms with Crippen molar-refractivity contribution in [2.75, 3.05) is 0 Å². The number of unbranched alkanes of at least 4 members (excludes halogenated alkanes) is 1. The summed E-state index contributed by atoms with van der Waals surface area (Å²) in [5.41, 5.74) is 0.0629. The number of aromatic nitrogens is 1. The van der Waals surface area contributed by atoms with E-state index in [1.165, 1.54) is 6.42 Å². The van der Waals surface area contributed by atoms with E-state index in [9.17, 15) is 9.59 Å². The van der Waals surface area contributed by atoms with E-state index in [0.29, 0.717) is 12.5 Å². The number of hydrogen-bond donors (Lipinski definition) is 1. The van der Waals surface area contributed by atoms with Crippen LogP contribution in [0, 0.1) is 16.7 Å². The Balaban J connectivity index is 1.88. The van der Waals surface area contributed by atoms with E-state index in [1.807, 2.05) is 6.92 Å². The second kappa shape index (κ2) is 8.84. The minimum atomic E-state index is -0.632. The maximum atomic E-state index is 13.6. The van der Waals surface area contributed by atoms with Gasteiger partial charge in [0.15, 0.2) is 0 Å². The van der Waals surface area contributed by atoms with Gasteiger partial charge in [0.25, 0.3) is 5.91 Å². The van der Waals surface area contributed by atoms with E-state index >= 15 is 0 Å². The van der Waals surface area contributed by atoms with Gasteiger partial charge in [0.1, 0.15) is 4.67 Å². The molecule has 2 fully saturated rings. The average molecular weight is 448 g/mol. The maximum Gasteiger partial charge on any atom is 0.253 e. The zero-order valence-corrected chi connectivity index (χ0v) is 21.3. The van der Waals surface area contributed by atoms with Crippen molar-refractivity contribution in [2.45, 2.75) is 111 Å². The van der Waals surface area contributed by atoms with Crippen molar-refractivity contribution in [3.8, 4) is 0 Å². The van der Waals surface area contributed by atoms with E-state index in [2.05, 4.69) is 57.0 Å². The van der Waals surface area contributed by atoms with Crippen molar-refractivity contribution < 1.29 is 9.59 Å². The second-order valence-corrected chi connectivity index (χ2v) is 12.3. The normalized spacial score (nSPS) is 26.7. The number of amides is 2. The molecule has 0 aromatic carbocycles. The maximum absolute atomic E-state index is 13.6. The van der Waals surface area contributed by atoms with Gasteiger partial charge in [0.05, 0.1) is 5.41 Å². The molecule has 2 atom stereocenters. The molecule has 174 valence electrons. The van der Waals surface area contributed by atoms with Crippen LogP contribution in [0.5, 0.6) is 0 Å². The standard InChI is InChI=1S/C25H41N3O2S/c1-8-9-11-17-16-28(23(2,3)4)31-21(17)27-22(30)25(7)15-14-19(24(25,5)6)20(29)26-18-12-10-13-18/h16,18-19H,8-15H2,1-7H3,(H,26,29)/b27-21-/t19-,25+/m0/s1. The molecule has 1 heterocycles. The van der Waals surface area contributed by atoms with Gasteiger partial charge >= 0.3 is 0 Å². The first kappa shape index (κ1) is 24.2. The molecule has 1 aromatic heterocycles.